The summed E-state index contributed by atoms with van der Waals surface area (Å²) in [6, 6.07) is 5.66. The summed E-state index contributed by atoms with van der Waals surface area (Å²) in [6.07, 6.45) is 0.681. The van der Waals surface area contributed by atoms with E-state index >= 15 is 0 Å². The molecule has 0 amide bonds. The van der Waals surface area contributed by atoms with Crippen LogP contribution in [0.4, 0.5) is 0 Å². The summed E-state index contributed by atoms with van der Waals surface area (Å²) in [5.74, 6) is 1.12. The summed E-state index contributed by atoms with van der Waals surface area (Å²) in [6.45, 7) is 3.89. The van der Waals surface area contributed by atoms with Gasteiger partial charge < -0.3 is 14.4 Å². The van der Waals surface area contributed by atoms with Gasteiger partial charge in [-0.05, 0) is 25.5 Å². The molecule has 0 bridgehead atoms. The Labute approximate surface area is 99.0 Å². The number of rotatable bonds is 4. The maximum Gasteiger partial charge on any atom is 0.213 e. The molecule has 1 heterocycles. The summed E-state index contributed by atoms with van der Waals surface area (Å²) in [4.78, 5) is 3.86. The van der Waals surface area contributed by atoms with Crippen LogP contribution in [0.1, 0.15) is 30.0 Å². The lowest BCUT2D eigenvalue weighted by Crippen LogP contribution is -2.02. The Morgan fingerprint density at radius 1 is 1.47 bits per heavy atom. The largest absolute Gasteiger partial charge is 0.485 e. The molecule has 2 aromatic rings. The Bertz CT molecular complexity index is 481. The average Bonchev–Trinajstić information content (AvgIpc) is 2.78. The molecule has 1 N–H and O–H groups in total. The molecule has 0 fully saturated rings. The first-order chi connectivity index (χ1) is 8.16. The summed E-state index contributed by atoms with van der Waals surface area (Å²) < 4.78 is 10.2. The number of benzene rings is 1. The number of hydrogen-bond acceptors (Lipinski definition) is 5. The van der Waals surface area contributed by atoms with Gasteiger partial charge in [-0.2, -0.15) is 4.98 Å². The van der Waals surface area contributed by atoms with Crippen molar-refractivity contribution in [1.29, 1.82) is 0 Å². The maximum atomic E-state index is 9.62. The Morgan fingerprint density at radius 3 is 2.94 bits per heavy atom. The van der Waals surface area contributed by atoms with Gasteiger partial charge in [-0.25, -0.2) is 0 Å². The minimum absolute atomic E-state index is 0.222. The molecule has 1 unspecified atom stereocenters. The fraction of sp³-hybridized carbons (Fsp3) is 0.333. The van der Waals surface area contributed by atoms with Crippen molar-refractivity contribution in [3.63, 3.8) is 0 Å². The molecule has 1 atom stereocenters. The molecule has 1 aromatic heterocycles. The van der Waals surface area contributed by atoms with Gasteiger partial charge in [-0.1, -0.05) is 17.3 Å². The van der Waals surface area contributed by atoms with Gasteiger partial charge in [0.2, 0.25) is 12.2 Å². The van der Waals surface area contributed by atoms with Crippen LogP contribution in [-0.4, -0.2) is 15.2 Å². The molecule has 0 radical (unpaired) electrons. The van der Waals surface area contributed by atoms with E-state index in [1.165, 1.54) is 6.39 Å². The van der Waals surface area contributed by atoms with E-state index in [0.717, 1.165) is 11.1 Å². The number of nitrogens with zero attached hydrogens (tertiary/aromatic N) is 2. The predicted octanol–water partition coefficient (Wildman–Crippen LogP) is 2.01. The van der Waals surface area contributed by atoms with Crippen molar-refractivity contribution < 1.29 is 14.4 Å². The number of hydrogen-bond donors (Lipinski definition) is 1. The topological polar surface area (TPSA) is 68.4 Å². The average molecular weight is 234 g/mol. The number of ether oxygens (including phenoxy) is 1. The third kappa shape index (κ3) is 2.82. The van der Waals surface area contributed by atoms with Crippen LogP contribution in [0.3, 0.4) is 0 Å². The minimum Gasteiger partial charge on any atom is -0.485 e. The van der Waals surface area contributed by atoms with E-state index in [9.17, 15) is 5.11 Å². The standard InChI is InChI=1S/C12H14N2O3/c1-8-3-4-10(9(2)15)11(5-8)16-6-12-13-7-17-14-12/h3-5,7,9,15H,6H2,1-2H3. The van der Waals surface area contributed by atoms with Crippen LogP contribution in [0.5, 0.6) is 5.75 Å². The highest BCUT2D eigenvalue weighted by molar-refractivity contribution is 5.38. The van der Waals surface area contributed by atoms with Crippen LogP contribution in [0, 0.1) is 6.92 Å². The zero-order valence-corrected chi connectivity index (χ0v) is 9.75. The van der Waals surface area contributed by atoms with Gasteiger partial charge in [0.25, 0.3) is 0 Å². The second-order valence-corrected chi connectivity index (χ2v) is 3.85. The van der Waals surface area contributed by atoms with Gasteiger partial charge in [0, 0.05) is 5.56 Å². The van der Waals surface area contributed by atoms with E-state index in [4.69, 9.17) is 4.74 Å². The molecule has 5 nitrogen and oxygen atoms in total. The van der Waals surface area contributed by atoms with Crippen molar-refractivity contribution in [2.75, 3.05) is 0 Å². The zero-order chi connectivity index (χ0) is 12.3. The third-order valence-corrected chi connectivity index (χ3v) is 2.38. The van der Waals surface area contributed by atoms with Gasteiger partial charge >= 0.3 is 0 Å². The smallest absolute Gasteiger partial charge is 0.213 e. The number of aryl methyl sites for hydroxylation is 1. The molecule has 0 aliphatic carbocycles. The summed E-state index contributed by atoms with van der Waals surface area (Å²) in [5, 5.41) is 13.3. The van der Waals surface area contributed by atoms with Crippen LogP contribution in [0.15, 0.2) is 29.1 Å². The molecule has 2 rings (SSSR count). The van der Waals surface area contributed by atoms with Crippen molar-refractivity contribution in [2.45, 2.75) is 26.6 Å². The first-order valence-corrected chi connectivity index (χ1v) is 5.33. The first kappa shape index (κ1) is 11.6. The highest BCUT2D eigenvalue weighted by Gasteiger charge is 2.10. The lowest BCUT2D eigenvalue weighted by Gasteiger charge is -2.13. The third-order valence-electron chi connectivity index (χ3n) is 2.38. The fourth-order valence-corrected chi connectivity index (χ4v) is 1.51. The lowest BCUT2D eigenvalue weighted by molar-refractivity contribution is 0.189. The predicted molar refractivity (Wildman–Crippen MR) is 60.4 cm³/mol. The second-order valence-electron chi connectivity index (χ2n) is 3.85. The first-order valence-electron chi connectivity index (χ1n) is 5.33. The van der Waals surface area contributed by atoms with Crippen molar-refractivity contribution in [3.8, 4) is 5.75 Å². The molecule has 0 spiro atoms. The van der Waals surface area contributed by atoms with Crippen LogP contribution in [0.25, 0.3) is 0 Å². The van der Waals surface area contributed by atoms with Crippen molar-refractivity contribution >= 4 is 0 Å². The van der Waals surface area contributed by atoms with E-state index in [1.54, 1.807) is 6.92 Å². The highest BCUT2D eigenvalue weighted by atomic mass is 16.5. The fourth-order valence-electron chi connectivity index (χ4n) is 1.51. The Morgan fingerprint density at radius 2 is 2.29 bits per heavy atom. The molecule has 0 aliphatic rings. The van der Waals surface area contributed by atoms with E-state index in [0.29, 0.717) is 11.6 Å². The van der Waals surface area contributed by atoms with E-state index in [2.05, 4.69) is 14.7 Å². The molecular formula is C12H14N2O3. The van der Waals surface area contributed by atoms with Gasteiger partial charge in [0.1, 0.15) is 5.75 Å². The summed E-state index contributed by atoms with van der Waals surface area (Å²) >= 11 is 0. The minimum atomic E-state index is -0.573. The van der Waals surface area contributed by atoms with Crippen molar-refractivity contribution in [1.82, 2.24) is 10.1 Å². The molecule has 90 valence electrons. The molecule has 1 aromatic carbocycles. The molecule has 5 heteroatoms. The monoisotopic (exact) mass is 234 g/mol. The molecule has 0 saturated heterocycles. The van der Waals surface area contributed by atoms with Gasteiger partial charge in [-0.15, -0.1) is 0 Å². The van der Waals surface area contributed by atoms with E-state index in [-0.39, 0.29) is 6.61 Å². The molecule has 0 saturated carbocycles. The van der Waals surface area contributed by atoms with Crippen LogP contribution < -0.4 is 4.74 Å². The van der Waals surface area contributed by atoms with Crippen LogP contribution in [0.2, 0.25) is 0 Å². The van der Waals surface area contributed by atoms with Crippen LogP contribution in [-0.2, 0) is 6.61 Å². The normalized spacial score (nSPS) is 12.4. The van der Waals surface area contributed by atoms with Crippen molar-refractivity contribution in [3.05, 3.63) is 41.5 Å². The Kier molecular flexibility index (Phi) is 3.39. The van der Waals surface area contributed by atoms with Crippen molar-refractivity contribution in [2.24, 2.45) is 0 Å². The summed E-state index contributed by atoms with van der Waals surface area (Å²) in [5.41, 5.74) is 1.82. The Balaban J connectivity index is 2.16. The van der Waals surface area contributed by atoms with Gasteiger partial charge in [0.15, 0.2) is 6.61 Å². The lowest BCUT2D eigenvalue weighted by atomic mass is 10.1. The number of aromatic nitrogens is 2. The molecule has 17 heavy (non-hydrogen) atoms. The maximum absolute atomic E-state index is 9.62. The quantitative estimate of drug-likeness (QED) is 0.876. The zero-order valence-electron chi connectivity index (χ0n) is 9.75. The number of aliphatic hydroxyl groups excluding tert-OH is 1. The van der Waals surface area contributed by atoms with E-state index in [1.807, 2.05) is 25.1 Å². The van der Waals surface area contributed by atoms with Gasteiger partial charge in [0.05, 0.1) is 6.10 Å². The number of aliphatic hydroxyl groups is 1. The van der Waals surface area contributed by atoms with Crippen LogP contribution >= 0.6 is 0 Å². The second kappa shape index (κ2) is 4.97. The van der Waals surface area contributed by atoms with Gasteiger partial charge in [-0.3, -0.25) is 0 Å². The molecule has 0 aliphatic heterocycles. The van der Waals surface area contributed by atoms with E-state index < -0.39 is 6.10 Å². The SMILES string of the molecule is Cc1ccc(C(C)O)c(OCc2ncon2)c1. The Hall–Kier alpha value is -1.88. The molecular weight excluding hydrogens is 220 g/mol. The highest BCUT2D eigenvalue weighted by Crippen LogP contribution is 2.26. The summed E-state index contributed by atoms with van der Waals surface area (Å²) in [7, 11) is 0.